The van der Waals surface area contributed by atoms with Gasteiger partial charge >= 0.3 is 6.03 Å². The first kappa shape index (κ1) is 18.6. The van der Waals surface area contributed by atoms with Gasteiger partial charge in [0, 0.05) is 5.69 Å². The van der Waals surface area contributed by atoms with Gasteiger partial charge in [0.1, 0.15) is 5.82 Å². The summed E-state index contributed by atoms with van der Waals surface area (Å²) in [5.74, 6) is -1.70. The van der Waals surface area contributed by atoms with Crippen molar-refractivity contribution in [2.45, 2.75) is 6.42 Å². The Morgan fingerprint density at radius 2 is 1.59 bits per heavy atom. The maximum absolute atomic E-state index is 13.8. The van der Waals surface area contributed by atoms with Crippen molar-refractivity contribution < 1.29 is 14.0 Å². The highest BCUT2D eigenvalue weighted by atomic mass is 35.5. The minimum atomic E-state index is -0.906. The molecule has 3 aromatic carbocycles. The number of carbonyl (C=O) groups excluding carboxylic acids is 2. The average molecular weight is 383 g/mol. The van der Waals surface area contributed by atoms with Crippen LogP contribution < -0.4 is 10.6 Å². The minimum absolute atomic E-state index is 0.0650. The van der Waals surface area contributed by atoms with E-state index in [1.165, 1.54) is 12.1 Å². The van der Waals surface area contributed by atoms with E-state index in [1.807, 2.05) is 42.5 Å². The Morgan fingerprint density at radius 1 is 0.889 bits per heavy atom. The number of hydrogen-bond donors (Lipinski definition) is 2. The molecule has 0 spiro atoms. The zero-order chi connectivity index (χ0) is 19.2. The molecule has 3 amide bonds. The fraction of sp³-hybridized carbons (Fsp3) is 0.0476. The molecule has 0 aliphatic carbocycles. The Kier molecular flexibility index (Phi) is 5.84. The molecule has 4 nitrogen and oxygen atoms in total. The predicted octanol–water partition coefficient (Wildman–Crippen LogP) is 5.03. The van der Waals surface area contributed by atoms with Gasteiger partial charge in [0.05, 0.1) is 10.6 Å². The molecule has 0 aromatic heterocycles. The van der Waals surface area contributed by atoms with Crippen LogP contribution in [-0.4, -0.2) is 11.9 Å². The molecule has 136 valence electrons. The lowest BCUT2D eigenvalue weighted by molar-refractivity contribution is 0.0963. The number of para-hydroxylation sites is 1. The molecular weight excluding hydrogens is 367 g/mol. The third-order valence-corrected chi connectivity index (χ3v) is 4.23. The standard InChI is InChI=1S/C21H16ClFN2O2/c22-16-10-6-11-17(23)19(16)20(26)25-21(27)24-18-12-5-4-9-15(18)13-14-7-2-1-3-8-14/h1-12H,13H2,(H2,24,25,26,27). The average Bonchev–Trinajstić information content (AvgIpc) is 2.64. The van der Waals surface area contributed by atoms with Crippen molar-refractivity contribution in [3.05, 3.63) is 100 Å². The smallest absolute Gasteiger partial charge is 0.307 e. The fourth-order valence-corrected chi connectivity index (χ4v) is 2.89. The first-order valence-corrected chi connectivity index (χ1v) is 8.60. The van der Waals surface area contributed by atoms with Crippen LogP contribution in [0.3, 0.4) is 0 Å². The van der Waals surface area contributed by atoms with Gasteiger partial charge in [0.15, 0.2) is 0 Å². The maximum atomic E-state index is 13.8. The van der Waals surface area contributed by atoms with Crippen molar-refractivity contribution in [1.82, 2.24) is 5.32 Å². The molecule has 0 fully saturated rings. The summed E-state index contributed by atoms with van der Waals surface area (Å²) in [6, 6.07) is 20.2. The molecule has 6 heteroatoms. The molecule has 0 aliphatic rings. The minimum Gasteiger partial charge on any atom is -0.307 e. The molecule has 0 unspecified atom stereocenters. The highest BCUT2D eigenvalue weighted by Crippen LogP contribution is 2.20. The lowest BCUT2D eigenvalue weighted by Gasteiger charge is -2.12. The van der Waals surface area contributed by atoms with E-state index in [9.17, 15) is 14.0 Å². The van der Waals surface area contributed by atoms with Crippen LogP contribution in [0.15, 0.2) is 72.8 Å². The summed E-state index contributed by atoms with van der Waals surface area (Å²) in [5.41, 5.74) is 2.16. The van der Waals surface area contributed by atoms with Gasteiger partial charge in [0.25, 0.3) is 5.91 Å². The number of rotatable bonds is 4. The summed E-state index contributed by atoms with van der Waals surface area (Å²) in [4.78, 5) is 24.4. The number of anilines is 1. The van der Waals surface area contributed by atoms with Crippen molar-refractivity contribution in [3.8, 4) is 0 Å². The number of imide groups is 1. The Labute approximate surface area is 161 Å². The van der Waals surface area contributed by atoms with E-state index in [0.717, 1.165) is 17.2 Å². The van der Waals surface area contributed by atoms with E-state index in [4.69, 9.17) is 11.6 Å². The topological polar surface area (TPSA) is 58.2 Å². The number of carbonyl (C=O) groups is 2. The lowest BCUT2D eigenvalue weighted by Crippen LogP contribution is -2.35. The number of halogens is 2. The van der Waals surface area contributed by atoms with E-state index < -0.39 is 17.8 Å². The molecule has 0 aliphatic heterocycles. The Hall–Kier alpha value is -3.18. The second-order valence-electron chi connectivity index (χ2n) is 5.82. The molecule has 0 saturated heterocycles. The zero-order valence-electron chi connectivity index (χ0n) is 14.2. The molecule has 3 rings (SSSR count). The van der Waals surface area contributed by atoms with Crippen LogP contribution in [0, 0.1) is 5.82 Å². The lowest BCUT2D eigenvalue weighted by atomic mass is 10.0. The van der Waals surface area contributed by atoms with Gasteiger partial charge in [-0.3, -0.25) is 10.1 Å². The summed E-state index contributed by atoms with van der Waals surface area (Å²) >= 11 is 5.85. The van der Waals surface area contributed by atoms with Crippen LogP contribution in [0.1, 0.15) is 21.5 Å². The Morgan fingerprint density at radius 3 is 2.33 bits per heavy atom. The molecule has 0 heterocycles. The summed E-state index contributed by atoms with van der Waals surface area (Å²) in [6.45, 7) is 0. The van der Waals surface area contributed by atoms with Gasteiger partial charge in [0.2, 0.25) is 0 Å². The maximum Gasteiger partial charge on any atom is 0.326 e. The molecule has 0 radical (unpaired) electrons. The number of amides is 3. The molecular formula is C21H16ClFN2O2. The van der Waals surface area contributed by atoms with E-state index in [0.29, 0.717) is 12.1 Å². The van der Waals surface area contributed by atoms with Crippen LogP contribution in [0.25, 0.3) is 0 Å². The molecule has 0 atom stereocenters. The number of urea groups is 1. The van der Waals surface area contributed by atoms with Crippen molar-refractivity contribution in [2.75, 3.05) is 5.32 Å². The van der Waals surface area contributed by atoms with Crippen molar-refractivity contribution >= 4 is 29.2 Å². The first-order chi connectivity index (χ1) is 13.0. The van der Waals surface area contributed by atoms with Crippen molar-refractivity contribution in [3.63, 3.8) is 0 Å². The number of benzene rings is 3. The SMILES string of the molecule is O=C(NC(=O)c1c(F)cccc1Cl)Nc1ccccc1Cc1ccccc1. The Bertz CT molecular complexity index is 957. The number of nitrogens with one attached hydrogen (secondary N) is 2. The monoisotopic (exact) mass is 382 g/mol. The van der Waals surface area contributed by atoms with Gasteiger partial charge < -0.3 is 5.32 Å². The summed E-state index contributed by atoms with van der Waals surface area (Å²) in [6.07, 6.45) is 0.615. The molecule has 2 N–H and O–H groups in total. The molecule has 0 saturated carbocycles. The van der Waals surface area contributed by atoms with Gasteiger partial charge in [-0.15, -0.1) is 0 Å². The Balaban J connectivity index is 1.72. The van der Waals surface area contributed by atoms with Gasteiger partial charge in [-0.2, -0.15) is 0 Å². The van der Waals surface area contributed by atoms with Gasteiger partial charge in [-0.1, -0.05) is 66.2 Å². The van der Waals surface area contributed by atoms with E-state index in [2.05, 4.69) is 10.6 Å². The normalized spacial score (nSPS) is 10.3. The molecule has 0 bridgehead atoms. The third-order valence-electron chi connectivity index (χ3n) is 3.92. The van der Waals surface area contributed by atoms with Crippen LogP contribution >= 0.6 is 11.6 Å². The van der Waals surface area contributed by atoms with Gasteiger partial charge in [-0.25, -0.2) is 9.18 Å². The highest BCUT2D eigenvalue weighted by molar-refractivity contribution is 6.34. The molecule has 3 aromatic rings. The second-order valence-corrected chi connectivity index (χ2v) is 6.23. The van der Waals surface area contributed by atoms with Crippen molar-refractivity contribution in [2.24, 2.45) is 0 Å². The second kappa shape index (κ2) is 8.47. The van der Waals surface area contributed by atoms with Crippen molar-refractivity contribution in [1.29, 1.82) is 0 Å². The molecule has 27 heavy (non-hydrogen) atoms. The van der Waals surface area contributed by atoms with E-state index in [1.54, 1.807) is 12.1 Å². The summed E-state index contributed by atoms with van der Waals surface area (Å²) in [5, 5.41) is 4.67. The third kappa shape index (κ3) is 4.71. The number of hydrogen-bond acceptors (Lipinski definition) is 2. The van der Waals surface area contributed by atoms with Gasteiger partial charge in [-0.05, 0) is 35.7 Å². The quantitative estimate of drug-likeness (QED) is 0.664. The zero-order valence-corrected chi connectivity index (χ0v) is 15.0. The highest BCUT2D eigenvalue weighted by Gasteiger charge is 2.18. The fourth-order valence-electron chi connectivity index (χ4n) is 2.65. The summed E-state index contributed by atoms with van der Waals surface area (Å²) < 4.78 is 13.8. The van der Waals surface area contributed by atoms with E-state index in [-0.39, 0.29) is 10.6 Å². The largest absolute Gasteiger partial charge is 0.326 e. The predicted molar refractivity (Wildman–Crippen MR) is 104 cm³/mol. The van der Waals surface area contributed by atoms with Crippen LogP contribution in [0.2, 0.25) is 5.02 Å². The van der Waals surface area contributed by atoms with Crippen LogP contribution in [0.5, 0.6) is 0 Å². The first-order valence-electron chi connectivity index (χ1n) is 8.23. The van der Waals surface area contributed by atoms with Crippen LogP contribution in [-0.2, 0) is 6.42 Å². The van der Waals surface area contributed by atoms with E-state index >= 15 is 0 Å². The summed E-state index contributed by atoms with van der Waals surface area (Å²) in [7, 11) is 0. The van der Waals surface area contributed by atoms with Crippen LogP contribution in [0.4, 0.5) is 14.9 Å².